The Balaban J connectivity index is 1.96. The molecule has 1 aliphatic heterocycles. The lowest BCUT2D eigenvalue weighted by Gasteiger charge is -2.33. The average molecular weight is 295 g/mol. The van der Waals surface area contributed by atoms with E-state index in [0.717, 1.165) is 18.0 Å². The highest BCUT2D eigenvalue weighted by Crippen LogP contribution is 2.59. The molecule has 0 amide bonds. The zero-order valence-electron chi connectivity index (χ0n) is 15.2. The van der Waals surface area contributed by atoms with Gasteiger partial charge in [0, 0.05) is 25.2 Å². The van der Waals surface area contributed by atoms with Crippen LogP contribution in [-0.4, -0.2) is 48.6 Å². The summed E-state index contributed by atoms with van der Waals surface area (Å²) in [4.78, 5) is 5.51. The molecule has 4 unspecified atom stereocenters. The van der Waals surface area contributed by atoms with Crippen molar-refractivity contribution in [1.82, 2.24) is 9.80 Å². The molecular formula is C19H38N2. The monoisotopic (exact) mass is 294 g/mol. The number of fused-ring (bicyclic) bond motifs is 1. The topological polar surface area (TPSA) is 6.48 Å². The number of hydrogen-bond donors (Lipinski definition) is 0. The molecule has 0 N–H and O–H groups in total. The van der Waals surface area contributed by atoms with Crippen LogP contribution < -0.4 is 0 Å². The lowest BCUT2D eigenvalue weighted by Crippen LogP contribution is -2.43. The molecule has 2 aliphatic rings. The van der Waals surface area contributed by atoms with E-state index in [4.69, 9.17) is 0 Å². The smallest absolute Gasteiger partial charge is 0.0223 e. The molecule has 0 aromatic carbocycles. The summed E-state index contributed by atoms with van der Waals surface area (Å²) in [7, 11) is 2.39. The van der Waals surface area contributed by atoms with Crippen molar-refractivity contribution >= 4 is 0 Å². The van der Waals surface area contributed by atoms with E-state index in [1.54, 1.807) is 0 Å². The summed E-state index contributed by atoms with van der Waals surface area (Å²) in [6, 6.07) is 1.66. The van der Waals surface area contributed by atoms with Gasteiger partial charge >= 0.3 is 0 Å². The van der Waals surface area contributed by atoms with Gasteiger partial charge in [-0.05, 0) is 37.8 Å². The normalized spacial score (nSPS) is 37.3. The Labute approximate surface area is 133 Å². The summed E-state index contributed by atoms with van der Waals surface area (Å²) < 4.78 is 0. The minimum Gasteiger partial charge on any atom is -0.301 e. The van der Waals surface area contributed by atoms with Gasteiger partial charge in [0.15, 0.2) is 0 Å². The molecule has 0 bridgehead atoms. The van der Waals surface area contributed by atoms with E-state index in [9.17, 15) is 0 Å². The van der Waals surface area contributed by atoms with Crippen LogP contribution in [0.15, 0.2) is 0 Å². The van der Waals surface area contributed by atoms with Crippen molar-refractivity contribution < 1.29 is 0 Å². The summed E-state index contributed by atoms with van der Waals surface area (Å²) in [6.45, 7) is 13.4. The molecule has 4 atom stereocenters. The van der Waals surface area contributed by atoms with E-state index in [0.29, 0.717) is 5.41 Å². The highest BCUT2D eigenvalue weighted by Gasteiger charge is 2.63. The van der Waals surface area contributed by atoms with Crippen LogP contribution in [0.3, 0.4) is 0 Å². The third-order valence-corrected chi connectivity index (χ3v) is 6.33. The predicted molar refractivity (Wildman–Crippen MR) is 92.7 cm³/mol. The van der Waals surface area contributed by atoms with E-state index in [-0.39, 0.29) is 0 Å². The van der Waals surface area contributed by atoms with Gasteiger partial charge in [-0.2, -0.15) is 0 Å². The molecule has 2 nitrogen and oxygen atoms in total. The number of likely N-dealkylation sites (N-methyl/N-ethyl adjacent to an activating group) is 2. The van der Waals surface area contributed by atoms with Crippen LogP contribution in [0.1, 0.15) is 72.6 Å². The summed E-state index contributed by atoms with van der Waals surface area (Å²) in [5, 5.41) is 0. The van der Waals surface area contributed by atoms with Crippen molar-refractivity contribution in [3.05, 3.63) is 0 Å². The second-order valence-electron chi connectivity index (χ2n) is 7.84. The summed E-state index contributed by atoms with van der Waals surface area (Å²) in [6.07, 6.45) is 9.74. The molecule has 2 rings (SSSR count). The number of unbranched alkanes of at least 4 members (excludes halogenated alkanes) is 3. The number of rotatable bonds is 8. The highest BCUT2D eigenvalue weighted by atomic mass is 15.3. The molecular weight excluding hydrogens is 256 g/mol. The van der Waals surface area contributed by atoms with Gasteiger partial charge in [-0.25, -0.2) is 0 Å². The minimum absolute atomic E-state index is 0.604. The van der Waals surface area contributed by atoms with E-state index in [2.05, 4.69) is 44.5 Å². The third-order valence-electron chi connectivity index (χ3n) is 6.33. The van der Waals surface area contributed by atoms with Gasteiger partial charge in [-0.15, -0.1) is 0 Å². The lowest BCUT2D eigenvalue weighted by atomic mass is 9.96. The van der Waals surface area contributed by atoms with Crippen LogP contribution in [-0.2, 0) is 0 Å². The van der Waals surface area contributed by atoms with Gasteiger partial charge < -0.3 is 4.90 Å². The molecule has 1 saturated carbocycles. The fraction of sp³-hybridized carbons (Fsp3) is 1.00. The van der Waals surface area contributed by atoms with E-state index < -0.39 is 0 Å². The van der Waals surface area contributed by atoms with Gasteiger partial charge in [0.2, 0.25) is 0 Å². The molecule has 1 saturated heterocycles. The second-order valence-corrected chi connectivity index (χ2v) is 7.84. The Hall–Kier alpha value is -0.0800. The standard InChI is InChI=1S/C19H38N2/c1-6-9-11-12-16-14-20(5)18-17(15-21(16)8-3)19(18,4)13-10-7-2/h16-18H,6-15H2,1-5H3. The number of nitrogens with zero attached hydrogens (tertiary/aromatic N) is 2. The van der Waals surface area contributed by atoms with Gasteiger partial charge in [-0.3, -0.25) is 4.90 Å². The van der Waals surface area contributed by atoms with Crippen LogP contribution in [0.5, 0.6) is 0 Å². The molecule has 0 spiro atoms. The molecule has 2 heteroatoms. The molecule has 0 aromatic rings. The van der Waals surface area contributed by atoms with Crippen LogP contribution >= 0.6 is 0 Å². The fourth-order valence-electron chi connectivity index (χ4n) is 4.90. The van der Waals surface area contributed by atoms with Crippen molar-refractivity contribution in [2.24, 2.45) is 11.3 Å². The lowest BCUT2D eigenvalue weighted by molar-refractivity contribution is 0.142. The molecule has 1 aliphatic carbocycles. The minimum atomic E-state index is 0.604. The van der Waals surface area contributed by atoms with Crippen molar-refractivity contribution in [3.8, 4) is 0 Å². The fourth-order valence-corrected chi connectivity index (χ4v) is 4.90. The SMILES string of the molecule is CCCCCC1CN(C)C2C(CN1CC)C2(C)CCCC. The van der Waals surface area contributed by atoms with Crippen molar-refractivity contribution in [1.29, 1.82) is 0 Å². The molecule has 124 valence electrons. The van der Waals surface area contributed by atoms with E-state index in [1.165, 1.54) is 64.6 Å². The Bertz CT molecular complexity index is 317. The van der Waals surface area contributed by atoms with Crippen molar-refractivity contribution in [2.45, 2.75) is 84.7 Å². The maximum Gasteiger partial charge on any atom is 0.0223 e. The molecule has 2 fully saturated rings. The maximum absolute atomic E-state index is 2.80. The first kappa shape index (κ1) is 17.3. The van der Waals surface area contributed by atoms with Crippen molar-refractivity contribution in [2.75, 3.05) is 26.7 Å². The average Bonchev–Trinajstić information content (AvgIpc) is 3.09. The highest BCUT2D eigenvalue weighted by molar-refractivity contribution is 5.16. The van der Waals surface area contributed by atoms with Gasteiger partial charge in [0.05, 0.1) is 0 Å². The maximum atomic E-state index is 2.80. The van der Waals surface area contributed by atoms with Gasteiger partial charge in [0.1, 0.15) is 0 Å². The quantitative estimate of drug-likeness (QED) is 0.612. The summed E-state index contributed by atoms with van der Waals surface area (Å²) in [5.41, 5.74) is 0.604. The largest absolute Gasteiger partial charge is 0.301 e. The zero-order chi connectivity index (χ0) is 15.5. The van der Waals surface area contributed by atoms with E-state index >= 15 is 0 Å². The number of hydrogen-bond acceptors (Lipinski definition) is 2. The van der Waals surface area contributed by atoms with Crippen LogP contribution in [0.2, 0.25) is 0 Å². The molecule has 21 heavy (non-hydrogen) atoms. The Kier molecular flexibility index (Phi) is 6.14. The third kappa shape index (κ3) is 3.64. The zero-order valence-corrected chi connectivity index (χ0v) is 15.2. The van der Waals surface area contributed by atoms with Crippen LogP contribution in [0, 0.1) is 11.3 Å². The summed E-state index contributed by atoms with van der Waals surface area (Å²) in [5.74, 6) is 0.921. The Morgan fingerprint density at radius 2 is 1.71 bits per heavy atom. The van der Waals surface area contributed by atoms with Gasteiger partial charge in [0.25, 0.3) is 0 Å². The predicted octanol–water partition coefficient (Wildman–Crippen LogP) is 4.40. The summed E-state index contributed by atoms with van der Waals surface area (Å²) >= 11 is 0. The Morgan fingerprint density at radius 1 is 1.00 bits per heavy atom. The first-order valence-corrected chi connectivity index (χ1v) is 9.52. The van der Waals surface area contributed by atoms with Crippen LogP contribution in [0.25, 0.3) is 0 Å². The first-order valence-electron chi connectivity index (χ1n) is 9.52. The molecule has 0 aromatic heterocycles. The second kappa shape index (κ2) is 7.46. The van der Waals surface area contributed by atoms with Gasteiger partial charge in [-0.1, -0.05) is 59.8 Å². The Morgan fingerprint density at radius 3 is 2.33 bits per heavy atom. The van der Waals surface area contributed by atoms with Crippen molar-refractivity contribution in [3.63, 3.8) is 0 Å². The first-order chi connectivity index (χ1) is 10.1. The van der Waals surface area contributed by atoms with E-state index in [1.807, 2.05) is 0 Å². The molecule has 1 heterocycles. The van der Waals surface area contributed by atoms with Crippen LogP contribution in [0.4, 0.5) is 0 Å². The molecule has 0 radical (unpaired) electrons.